The van der Waals surface area contributed by atoms with Crippen molar-refractivity contribution >= 4 is 10.9 Å². The zero-order chi connectivity index (χ0) is 13.5. The summed E-state index contributed by atoms with van der Waals surface area (Å²) in [5.41, 5.74) is 4.88. The molecule has 1 atom stereocenters. The van der Waals surface area contributed by atoms with Crippen LogP contribution in [0, 0.1) is 11.3 Å². The second kappa shape index (κ2) is 4.25. The van der Waals surface area contributed by atoms with Gasteiger partial charge in [-0.15, -0.1) is 0 Å². The molecule has 0 N–H and O–H groups in total. The van der Waals surface area contributed by atoms with E-state index in [0.717, 1.165) is 29.4 Å². The maximum absolute atomic E-state index is 9.16. The standard InChI is InChI=1S/C18H14N2/c19-11-14-5-3-7-18-17(14)8-9-20(18)12-15-10-13-4-1-2-6-16(13)15/h1-9,15H,10,12H2. The van der Waals surface area contributed by atoms with Crippen LogP contribution in [-0.2, 0) is 13.0 Å². The molecule has 1 aliphatic carbocycles. The summed E-state index contributed by atoms with van der Waals surface area (Å²) in [7, 11) is 0. The Kier molecular flexibility index (Phi) is 2.40. The summed E-state index contributed by atoms with van der Waals surface area (Å²) >= 11 is 0. The minimum Gasteiger partial charge on any atom is -0.347 e. The van der Waals surface area contributed by atoms with E-state index in [1.165, 1.54) is 11.1 Å². The maximum atomic E-state index is 9.16. The van der Waals surface area contributed by atoms with Crippen molar-refractivity contribution < 1.29 is 0 Å². The highest BCUT2D eigenvalue weighted by atomic mass is 15.0. The van der Waals surface area contributed by atoms with Crippen LogP contribution in [-0.4, -0.2) is 4.57 Å². The molecule has 0 bridgehead atoms. The molecule has 1 unspecified atom stereocenters. The van der Waals surface area contributed by atoms with Gasteiger partial charge in [-0.2, -0.15) is 5.26 Å². The van der Waals surface area contributed by atoms with Crippen LogP contribution >= 0.6 is 0 Å². The fraction of sp³-hybridized carbons (Fsp3) is 0.167. The molecule has 0 aliphatic heterocycles. The van der Waals surface area contributed by atoms with Gasteiger partial charge in [-0.1, -0.05) is 30.3 Å². The van der Waals surface area contributed by atoms with Crippen LogP contribution in [0.15, 0.2) is 54.7 Å². The molecule has 96 valence electrons. The summed E-state index contributed by atoms with van der Waals surface area (Å²) in [4.78, 5) is 0. The van der Waals surface area contributed by atoms with Gasteiger partial charge in [0.05, 0.1) is 11.6 Å². The average Bonchev–Trinajstić information content (AvgIpc) is 2.88. The van der Waals surface area contributed by atoms with Gasteiger partial charge in [0.15, 0.2) is 0 Å². The Hall–Kier alpha value is -2.53. The minimum absolute atomic E-state index is 0.604. The summed E-state index contributed by atoms with van der Waals surface area (Å²) < 4.78 is 2.27. The lowest BCUT2D eigenvalue weighted by Crippen LogP contribution is -2.21. The molecule has 3 aromatic rings. The normalized spacial score (nSPS) is 16.4. The Balaban J connectivity index is 1.70. The van der Waals surface area contributed by atoms with Crippen molar-refractivity contribution in [3.8, 4) is 6.07 Å². The third-order valence-corrected chi connectivity index (χ3v) is 4.31. The van der Waals surface area contributed by atoms with E-state index in [1.807, 2.05) is 12.1 Å². The van der Waals surface area contributed by atoms with Crippen LogP contribution in [0.1, 0.15) is 22.6 Å². The zero-order valence-corrected chi connectivity index (χ0v) is 11.1. The average molecular weight is 258 g/mol. The Labute approximate surface area is 117 Å². The fourth-order valence-electron chi connectivity index (χ4n) is 3.24. The summed E-state index contributed by atoms with van der Waals surface area (Å²) in [6.45, 7) is 0.995. The second-order valence-corrected chi connectivity index (χ2v) is 5.42. The SMILES string of the molecule is N#Cc1cccc2c1ccn2CC1Cc2ccccc21. The molecule has 1 heterocycles. The number of hydrogen-bond acceptors (Lipinski definition) is 1. The van der Waals surface area contributed by atoms with Crippen LogP contribution in [0.4, 0.5) is 0 Å². The highest BCUT2D eigenvalue weighted by Gasteiger charge is 2.25. The van der Waals surface area contributed by atoms with Crippen molar-refractivity contribution in [2.24, 2.45) is 0 Å². The Morgan fingerprint density at radius 3 is 2.85 bits per heavy atom. The van der Waals surface area contributed by atoms with E-state index in [4.69, 9.17) is 5.26 Å². The van der Waals surface area contributed by atoms with Crippen LogP contribution in [0.2, 0.25) is 0 Å². The van der Waals surface area contributed by atoms with Crippen molar-refractivity contribution in [3.05, 3.63) is 71.4 Å². The predicted molar refractivity (Wildman–Crippen MR) is 79.5 cm³/mol. The molecule has 2 heteroatoms. The molecule has 1 aromatic heterocycles. The third-order valence-electron chi connectivity index (χ3n) is 4.31. The minimum atomic E-state index is 0.604. The number of nitriles is 1. The van der Waals surface area contributed by atoms with E-state index in [-0.39, 0.29) is 0 Å². The molecule has 0 saturated heterocycles. The van der Waals surface area contributed by atoms with Crippen LogP contribution < -0.4 is 0 Å². The molecule has 0 spiro atoms. The van der Waals surface area contributed by atoms with Gasteiger partial charge >= 0.3 is 0 Å². The topological polar surface area (TPSA) is 28.7 Å². The molecular formula is C18H14N2. The largest absolute Gasteiger partial charge is 0.347 e. The first-order valence-corrected chi connectivity index (χ1v) is 6.92. The Bertz CT molecular complexity index is 836. The predicted octanol–water partition coefficient (Wildman–Crippen LogP) is 3.85. The van der Waals surface area contributed by atoms with Gasteiger partial charge < -0.3 is 4.57 Å². The summed E-state index contributed by atoms with van der Waals surface area (Å²) in [6, 6.07) is 18.9. The van der Waals surface area contributed by atoms with Crippen LogP contribution in [0.25, 0.3) is 10.9 Å². The van der Waals surface area contributed by atoms with Crippen molar-refractivity contribution in [2.45, 2.75) is 18.9 Å². The molecular weight excluding hydrogens is 244 g/mol. The number of benzene rings is 2. The number of rotatable bonds is 2. The molecule has 2 aromatic carbocycles. The van der Waals surface area contributed by atoms with Crippen LogP contribution in [0.3, 0.4) is 0 Å². The molecule has 4 rings (SSSR count). The van der Waals surface area contributed by atoms with Gasteiger partial charge in [0.2, 0.25) is 0 Å². The smallest absolute Gasteiger partial charge is 0.0998 e. The zero-order valence-electron chi connectivity index (χ0n) is 11.1. The van der Waals surface area contributed by atoms with Gasteiger partial charge in [-0.25, -0.2) is 0 Å². The molecule has 20 heavy (non-hydrogen) atoms. The van der Waals surface area contributed by atoms with Gasteiger partial charge in [-0.05, 0) is 35.7 Å². The van der Waals surface area contributed by atoms with E-state index >= 15 is 0 Å². The molecule has 1 aliphatic rings. The van der Waals surface area contributed by atoms with Gasteiger partial charge in [0, 0.05) is 29.6 Å². The lowest BCUT2D eigenvalue weighted by Gasteiger charge is -2.30. The number of aromatic nitrogens is 1. The van der Waals surface area contributed by atoms with E-state index in [2.05, 4.69) is 53.2 Å². The van der Waals surface area contributed by atoms with Gasteiger partial charge in [0.25, 0.3) is 0 Å². The third kappa shape index (κ3) is 1.57. The van der Waals surface area contributed by atoms with Crippen molar-refractivity contribution in [2.75, 3.05) is 0 Å². The molecule has 0 amide bonds. The second-order valence-electron chi connectivity index (χ2n) is 5.42. The number of fused-ring (bicyclic) bond motifs is 2. The highest BCUT2D eigenvalue weighted by molar-refractivity contribution is 5.86. The van der Waals surface area contributed by atoms with E-state index in [9.17, 15) is 0 Å². The van der Waals surface area contributed by atoms with E-state index in [0.29, 0.717) is 5.92 Å². The van der Waals surface area contributed by atoms with Crippen LogP contribution in [0.5, 0.6) is 0 Å². The maximum Gasteiger partial charge on any atom is 0.0998 e. The number of hydrogen-bond donors (Lipinski definition) is 0. The quantitative estimate of drug-likeness (QED) is 0.686. The van der Waals surface area contributed by atoms with Gasteiger partial charge in [-0.3, -0.25) is 0 Å². The molecule has 2 nitrogen and oxygen atoms in total. The van der Waals surface area contributed by atoms with Crippen molar-refractivity contribution in [1.82, 2.24) is 4.57 Å². The molecule has 0 radical (unpaired) electrons. The molecule has 0 saturated carbocycles. The first-order chi connectivity index (χ1) is 9.86. The van der Waals surface area contributed by atoms with E-state index in [1.54, 1.807) is 0 Å². The Morgan fingerprint density at radius 1 is 1.10 bits per heavy atom. The highest BCUT2D eigenvalue weighted by Crippen LogP contribution is 2.36. The number of nitrogens with zero attached hydrogens (tertiary/aromatic N) is 2. The first kappa shape index (κ1) is 11.3. The summed E-state index contributed by atoms with van der Waals surface area (Å²) in [6.07, 6.45) is 3.26. The lowest BCUT2D eigenvalue weighted by molar-refractivity contribution is 0.518. The van der Waals surface area contributed by atoms with E-state index < -0.39 is 0 Å². The summed E-state index contributed by atoms with van der Waals surface area (Å²) in [5, 5.41) is 10.2. The van der Waals surface area contributed by atoms with Gasteiger partial charge in [0.1, 0.15) is 0 Å². The monoisotopic (exact) mass is 258 g/mol. The molecule has 0 fully saturated rings. The van der Waals surface area contributed by atoms with Crippen molar-refractivity contribution in [3.63, 3.8) is 0 Å². The Morgan fingerprint density at radius 2 is 2.00 bits per heavy atom. The van der Waals surface area contributed by atoms with Crippen molar-refractivity contribution in [1.29, 1.82) is 5.26 Å². The lowest BCUT2D eigenvalue weighted by atomic mass is 9.77. The summed E-state index contributed by atoms with van der Waals surface area (Å²) in [5.74, 6) is 0.604. The first-order valence-electron chi connectivity index (χ1n) is 6.92. The fourth-order valence-corrected chi connectivity index (χ4v) is 3.24.